The van der Waals surface area contributed by atoms with Crippen molar-refractivity contribution < 1.29 is 9.59 Å². The molecule has 144 valence electrons. The molecule has 6 N–H and O–H groups in total. The highest BCUT2D eigenvalue weighted by molar-refractivity contribution is 6.28. The van der Waals surface area contributed by atoms with Gasteiger partial charge in [0.2, 0.25) is 29.0 Å². The number of nitrogens with two attached hydrogens (primary N) is 2. The lowest BCUT2D eigenvalue weighted by Gasteiger charge is -2.20. The molecular formula is C17H22ClN7O2. The molecule has 0 unspecified atom stereocenters. The topological polar surface area (TPSA) is 149 Å². The fourth-order valence-electron chi connectivity index (χ4n) is 2.41. The van der Waals surface area contributed by atoms with Crippen LogP contribution >= 0.6 is 11.6 Å². The summed E-state index contributed by atoms with van der Waals surface area (Å²) in [5, 5.41) is 5.59. The Bertz CT molecular complexity index is 801. The molecular weight excluding hydrogens is 370 g/mol. The number of carbonyl (C=O) groups excluding carboxylic acids is 2. The first-order valence-corrected chi connectivity index (χ1v) is 8.71. The van der Waals surface area contributed by atoms with E-state index in [4.69, 9.17) is 23.1 Å². The number of carbonyl (C=O) groups is 2. The SMILES string of the molecule is CC(C)[C@H](Nc1nc(Cl)nc(N[C@@H](Cc2ccccc2)C(N)=O)n1)C(N)=O. The van der Waals surface area contributed by atoms with Gasteiger partial charge in [0.25, 0.3) is 0 Å². The van der Waals surface area contributed by atoms with Gasteiger partial charge in [-0.05, 0) is 23.1 Å². The summed E-state index contributed by atoms with van der Waals surface area (Å²) in [5.41, 5.74) is 11.8. The molecule has 0 saturated carbocycles. The largest absolute Gasteiger partial charge is 0.368 e. The molecule has 0 aliphatic heterocycles. The van der Waals surface area contributed by atoms with Crippen molar-refractivity contribution in [3.8, 4) is 0 Å². The molecule has 0 radical (unpaired) electrons. The summed E-state index contributed by atoms with van der Waals surface area (Å²) in [6.45, 7) is 3.65. The number of anilines is 2. The van der Waals surface area contributed by atoms with Crippen LogP contribution in [0.1, 0.15) is 19.4 Å². The van der Waals surface area contributed by atoms with Crippen LogP contribution in [0.4, 0.5) is 11.9 Å². The third-order valence-corrected chi connectivity index (χ3v) is 3.96. The molecule has 1 aromatic carbocycles. The van der Waals surface area contributed by atoms with Crippen LogP contribution in [0.2, 0.25) is 5.28 Å². The van der Waals surface area contributed by atoms with Crippen molar-refractivity contribution in [3.05, 3.63) is 41.2 Å². The van der Waals surface area contributed by atoms with Gasteiger partial charge in [-0.3, -0.25) is 9.59 Å². The smallest absolute Gasteiger partial charge is 0.240 e. The maximum atomic E-state index is 11.8. The van der Waals surface area contributed by atoms with Gasteiger partial charge in [0.15, 0.2) is 0 Å². The van der Waals surface area contributed by atoms with Gasteiger partial charge in [-0.1, -0.05) is 44.2 Å². The van der Waals surface area contributed by atoms with Crippen LogP contribution in [-0.2, 0) is 16.0 Å². The van der Waals surface area contributed by atoms with Crippen molar-refractivity contribution in [2.24, 2.45) is 17.4 Å². The van der Waals surface area contributed by atoms with E-state index in [0.717, 1.165) is 5.56 Å². The summed E-state index contributed by atoms with van der Waals surface area (Å²) in [7, 11) is 0. The van der Waals surface area contributed by atoms with Gasteiger partial charge in [0, 0.05) is 6.42 Å². The zero-order valence-corrected chi connectivity index (χ0v) is 15.8. The number of primary amides is 2. The molecule has 10 heteroatoms. The second-order valence-electron chi connectivity index (χ2n) is 6.31. The maximum absolute atomic E-state index is 11.8. The number of aromatic nitrogens is 3. The van der Waals surface area contributed by atoms with E-state index in [9.17, 15) is 9.59 Å². The van der Waals surface area contributed by atoms with Crippen LogP contribution in [0, 0.1) is 5.92 Å². The van der Waals surface area contributed by atoms with Crippen LogP contribution in [0.25, 0.3) is 0 Å². The lowest BCUT2D eigenvalue weighted by atomic mass is 10.0. The Balaban J connectivity index is 2.20. The molecule has 27 heavy (non-hydrogen) atoms. The average molecular weight is 392 g/mol. The summed E-state index contributed by atoms with van der Waals surface area (Å²) < 4.78 is 0. The zero-order chi connectivity index (χ0) is 20.0. The Hall–Kier alpha value is -2.94. The van der Waals surface area contributed by atoms with Gasteiger partial charge in [0.1, 0.15) is 12.1 Å². The summed E-state index contributed by atoms with van der Waals surface area (Å²) in [6, 6.07) is 7.93. The highest BCUT2D eigenvalue weighted by Crippen LogP contribution is 2.15. The van der Waals surface area contributed by atoms with Crippen LogP contribution in [0.15, 0.2) is 30.3 Å². The zero-order valence-electron chi connectivity index (χ0n) is 15.0. The van der Waals surface area contributed by atoms with Gasteiger partial charge in [-0.15, -0.1) is 0 Å². The van der Waals surface area contributed by atoms with Crippen molar-refractivity contribution >= 4 is 35.3 Å². The molecule has 0 saturated heterocycles. The first-order chi connectivity index (χ1) is 12.8. The number of nitrogens with zero attached hydrogens (tertiary/aromatic N) is 3. The van der Waals surface area contributed by atoms with Crippen LogP contribution in [0.3, 0.4) is 0 Å². The van der Waals surface area contributed by atoms with E-state index in [-0.39, 0.29) is 23.1 Å². The second-order valence-corrected chi connectivity index (χ2v) is 6.65. The van der Waals surface area contributed by atoms with E-state index in [1.54, 1.807) is 0 Å². The van der Waals surface area contributed by atoms with Crippen molar-refractivity contribution in [3.63, 3.8) is 0 Å². The standard InChI is InChI=1S/C17H22ClN7O2/c1-9(2)12(14(20)27)22-17-24-15(18)23-16(25-17)21-11(13(19)26)8-10-6-4-3-5-7-10/h3-7,9,11-12H,8H2,1-2H3,(H2,19,26)(H2,20,27)(H2,21,22,23,24,25)/t11-,12-/m0/s1. The van der Waals surface area contributed by atoms with Crippen molar-refractivity contribution in [1.29, 1.82) is 0 Å². The van der Waals surface area contributed by atoms with Crippen LogP contribution in [0.5, 0.6) is 0 Å². The quantitative estimate of drug-likeness (QED) is 0.497. The third-order valence-electron chi connectivity index (χ3n) is 3.80. The molecule has 2 atom stereocenters. The predicted molar refractivity (Wildman–Crippen MR) is 103 cm³/mol. The molecule has 2 rings (SSSR count). The molecule has 9 nitrogen and oxygen atoms in total. The van der Waals surface area contributed by atoms with Crippen molar-refractivity contribution in [1.82, 2.24) is 15.0 Å². The fourth-order valence-corrected chi connectivity index (χ4v) is 2.57. The molecule has 1 aromatic heterocycles. The molecule has 0 bridgehead atoms. The Morgan fingerprint density at radius 3 is 2.11 bits per heavy atom. The molecule has 0 spiro atoms. The predicted octanol–water partition coefficient (Wildman–Crippen LogP) is 0.955. The summed E-state index contributed by atoms with van der Waals surface area (Å²) >= 11 is 5.94. The molecule has 0 aliphatic carbocycles. The Labute approximate surface area is 161 Å². The fraction of sp³-hybridized carbons (Fsp3) is 0.353. The number of nitrogens with one attached hydrogen (secondary N) is 2. The average Bonchev–Trinajstić information content (AvgIpc) is 2.59. The van der Waals surface area contributed by atoms with E-state index in [2.05, 4.69) is 25.6 Å². The first-order valence-electron chi connectivity index (χ1n) is 8.33. The Kier molecular flexibility index (Phi) is 6.89. The highest BCUT2D eigenvalue weighted by Gasteiger charge is 2.22. The normalized spacial score (nSPS) is 13.0. The van der Waals surface area contributed by atoms with E-state index >= 15 is 0 Å². The molecule has 2 amide bonds. The van der Waals surface area contributed by atoms with Crippen LogP contribution < -0.4 is 22.1 Å². The van der Waals surface area contributed by atoms with Gasteiger partial charge in [-0.2, -0.15) is 15.0 Å². The second kappa shape index (κ2) is 9.13. The minimum Gasteiger partial charge on any atom is -0.368 e. The number of halogens is 1. The number of rotatable bonds is 9. The maximum Gasteiger partial charge on any atom is 0.240 e. The van der Waals surface area contributed by atoms with E-state index < -0.39 is 23.9 Å². The Morgan fingerprint density at radius 1 is 1.00 bits per heavy atom. The lowest BCUT2D eigenvalue weighted by molar-refractivity contribution is -0.120. The van der Waals surface area contributed by atoms with Gasteiger partial charge < -0.3 is 22.1 Å². The van der Waals surface area contributed by atoms with E-state index in [1.807, 2.05) is 44.2 Å². The number of amides is 2. The van der Waals surface area contributed by atoms with Gasteiger partial charge in [0.05, 0.1) is 0 Å². The lowest BCUT2D eigenvalue weighted by Crippen LogP contribution is -2.40. The highest BCUT2D eigenvalue weighted by atomic mass is 35.5. The minimum absolute atomic E-state index is 0.0595. The summed E-state index contributed by atoms with van der Waals surface area (Å²) in [4.78, 5) is 35.4. The van der Waals surface area contributed by atoms with Crippen LogP contribution in [-0.4, -0.2) is 38.8 Å². The van der Waals surface area contributed by atoms with E-state index in [1.165, 1.54) is 0 Å². The molecule has 0 fully saturated rings. The van der Waals surface area contributed by atoms with Gasteiger partial charge >= 0.3 is 0 Å². The number of hydrogen-bond acceptors (Lipinski definition) is 7. The van der Waals surface area contributed by atoms with Crippen molar-refractivity contribution in [2.45, 2.75) is 32.4 Å². The number of hydrogen-bond donors (Lipinski definition) is 4. The third kappa shape index (κ3) is 6.07. The molecule has 0 aliphatic rings. The monoisotopic (exact) mass is 391 g/mol. The minimum atomic E-state index is -0.754. The van der Waals surface area contributed by atoms with Crippen molar-refractivity contribution in [2.75, 3.05) is 10.6 Å². The Morgan fingerprint density at radius 2 is 1.59 bits per heavy atom. The number of benzene rings is 1. The molecule has 1 heterocycles. The molecule has 2 aromatic rings. The summed E-state index contributed by atoms with van der Waals surface area (Å²) in [6.07, 6.45) is 0.345. The van der Waals surface area contributed by atoms with E-state index in [0.29, 0.717) is 6.42 Å². The first kappa shape index (κ1) is 20.4. The van der Waals surface area contributed by atoms with Gasteiger partial charge in [-0.25, -0.2) is 0 Å². The summed E-state index contributed by atoms with van der Waals surface area (Å²) in [5.74, 6) is -1.08.